The molecule has 2 atom stereocenters. The first-order valence-electron chi connectivity index (χ1n) is 7.19. The molecule has 1 aromatic rings. The van der Waals surface area contributed by atoms with Gasteiger partial charge in [0, 0.05) is 16.6 Å². The van der Waals surface area contributed by atoms with Crippen LogP contribution >= 0.6 is 15.9 Å². The third kappa shape index (κ3) is 3.58. The molecule has 0 radical (unpaired) electrons. The van der Waals surface area contributed by atoms with E-state index in [9.17, 15) is 0 Å². The second kappa shape index (κ2) is 6.72. The number of halogens is 1. The molecule has 0 aliphatic heterocycles. The Labute approximate surface area is 119 Å². The standard InChI is InChI=1S/C16H24BrN/c1-12(14-8-4-3-5-9-14)18-13(2)15-10-6-7-11-16(15)17/h6-7,10-14,18H,3-5,8-9H2,1-2H3. The van der Waals surface area contributed by atoms with Crippen molar-refractivity contribution in [1.29, 1.82) is 0 Å². The first-order chi connectivity index (χ1) is 8.68. The van der Waals surface area contributed by atoms with Crippen LogP contribution in [-0.2, 0) is 0 Å². The van der Waals surface area contributed by atoms with Crippen molar-refractivity contribution in [1.82, 2.24) is 5.32 Å². The van der Waals surface area contributed by atoms with Crippen LogP contribution in [0.15, 0.2) is 28.7 Å². The van der Waals surface area contributed by atoms with E-state index in [4.69, 9.17) is 0 Å². The predicted octanol–water partition coefficient (Wildman–Crippen LogP) is 5.07. The number of rotatable bonds is 4. The van der Waals surface area contributed by atoms with Gasteiger partial charge in [0.15, 0.2) is 0 Å². The summed E-state index contributed by atoms with van der Waals surface area (Å²) in [6, 6.07) is 9.55. The highest BCUT2D eigenvalue weighted by Crippen LogP contribution is 2.29. The van der Waals surface area contributed by atoms with E-state index in [1.165, 1.54) is 42.1 Å². The van der Waals surface area contributed by atoms with Gasteiger partial charge in [-0.2, -0.15) is 0 Å². The highest BCUT2D eigenvalue weighted by molar-refractivity contribution is 9.10. The van der Waals surface area contributed by atoms with E-state index in [1.807, 2.05) is 0 Å². The van der Waals surface area contributed by atoms with Crippen molar-refractivity contribution in [2.45, 2.75) is 58.0 Å². The predicted molar refractivity (Wildman–Crippen MR) is 81.7 cm³/mol. The van der Waals surface area contributed by atoms with Crippen LogP contribution in [0.25, 0.3) is 0 Å². The van der Waals surface area contributed by atoms with Gasteiger partial charge in [-0.25, -0.2) is 0 Å². The second-order valence-electron chi connectivity index (χ2n) is 5.60. The molecule has 1 aliphatic carbocycles. The van der Waals surface area contributed by atoms with Crippen LogP contribution < -0.4 is 5.32 Å². The third-order valence-corrected chi connectivity index (χ3v) is 4.96. The molecule has 1 nitrogen and oxygen atoms in total. The Morgan fingerprint density at radius 3 is 2.44 bits per heavy atom. The summed E-state index contributed by atoms with van der Waals surface area (Å²) in [6.45, 7) is 4.61. The zero-order valence-electron chi connectivity index (χ0n) is 11.5. The van der Waals surface area contributed by atoms with Gasteiger partial charge in [0.25, 0.3) is 0 Å². The number of benzene rings is 1. The topological polar surface area (TPSA) is 12.0 Å². The Morgan fingerprint density at radius 1 is 1.11 bits per heavy atom. The molecular weight excluding hydrogens is 286 g/mol. The van der Waals surface area contributed by atoms with E-state index < -0.39 is 0 Å². The molecule has 0 spiro atoms. The lowest BCUT2D eigenvalue weighted by atomic mass is 9.84. The van der Waals surface area contributed by atoms with E-state index >= 15 is 0 Å². The minimum absolute atomic E-state index is 0.414. The van der Waals surface area contributed by atoms with Gasteiger partial charge in [0.2, 0.25) is 0 Å². The van der Waals surface area contributed by atoms with Gasteiger partial charge < -0.3 is 5.32 Å². The summed E-state index contributed by atoms with van der Waals surface area (Å²) in [7, 11) is 0. The summed E-state index contributed by atoms with van der Waals surface area (Å²) < 4.78 is 1.21. The van der Waals surface area contributed by atoms with Crippen LogP contribution in [0.5, 0.6) is 0 Å². The SMILES string of the molecule is CC(NC(C)C1CCCCC1)c1ccccc1Br. The number of nitrogens with one attached hydrogen (secondary N) is 1. The van der Waals surface area contributed by atoms with Crippen LogP contribution in [0.3, 0.4) is 0 Å². The molecule has 1 N–H and O–H groups in total. The van der Waals surface area contributed by atoms with Crippen LogP contribution in [0.4, 0.5) is 0 Å². The first kappa shape index (κ1) is 14.1. The average molecular weight is 310 g/mol. The summed E-state index contributed by atoms with van der Waals surface area (Å²) in [5, 5.41) is 3.78. The van der Waals surface area contributed by atoms with Crippen molar-refractivity contribution in [3.8, 4) is 0 Å². The van der Waals surface area contributed by atoms with Gasteiger partial charge in [-0.3, -0.25) is 0 Å². The summed E-state index contributed by atoms with van der Waals surface area (Å²) >= 11 is 3.64. The number of hydrogen-bond acceptors (Lipinski definition) is 1. The van der Waals surface area contributed by atoms with Crippen LogP contribution in [0.2, 0.25) is 0 Å². The molecule has 100 valence electrons. The normalized spacial score (nSPS) is 20.6. The molecule has 0 heterocycles. The molecule has 2 heteroatoms. The zero-order chi connectivity index (χ0) is 13.0. The fourth-order valence-corrected chi connectivity index (χ4v) is 3.71. The van der Waals surface area contributed by atoms with E-state index in [0.29, 0.717) is 12.1 Å². The Bertz CT molecular complexity index is 371. The molecule has 0 amide bonds. The Hall–Kier alpha value is -0.340. The van der Waals surface area contributed by atoms with Crippen molar-refractivity contribution in [3.05, 3.63) is 34.3 Å². The monoisotopic (exact) mass is 309 g/mol. The highest BCUT2D eigenvalue weighted by Gasteiger charge is 2.21. The molecule has 1 aliphatic rings. The summed E-state index contributed by atoms with van der Waals surface area (Å²) in [5.74, 6) is 0.865. The smallest absolute Gasteiger partial charge is 0.0305 e. The van der Waals surface area contributed by atoms with E-state index in [2.05, 4.69) is 59.4 Å². The van der Waals surface area contributed by atoms with Gasteiger partial charge in [0.05, 0.1) is 0 Å². The lowest BCUT2D eigenvalue weighted by molar-refractivity contribution is 0.268. The largest absolute Gasteiger partial charge is 0.307 e. The lowest BCUT2D eigenvalue weighted by Gasteiger charge is -2.31. The van der Waals surface area contributed by atoms with Gasteiger partial charge >= 0.3 is 0 Å². The van der Waals surface area contributed by atoms with Crippen molar-refractivity contribution < 1.29 is 0 Å². The first-order valence-corrected chi connectivity index (χ1v) is 7.98. The Balaban J connectivity index is 1.94. The molecule has 2 unspecified atom stereocenters. The molecule has 0 aromatic heterocycles. The minimum atomic E-state index is 0.414. The van der Waals surface area contributed by atoms with Crippen molar-refractivity contribution >= 4 is 15.9 Å². The maximum absolute atomic E-state index is 3.78. The van der Waals surface area contributed by atoms with Crippen molar-refractivity contribution in [2.75, 3.05) is 0 Å². The van der Waals surface area contributed by atoms with Crippen LogP contribution in [-0.4, -0.2) is 6.04 Å². The molecule has 18 heavy (non-hydrogen) atoms. The van der Waals surface area contributed by atoms with Crippen LogP contribution in [0.1, 0.15) is 57.6 Å². The molecule has 1 fully saturated rings. The fraction of sp³-hybridized carbons (Fsp3) is 0.625. The van der Waals surface area contributed by atoms with E-state index in [1.54, 1.807) is 0 Å². The molecular formula is C16H24BrN. The van der Waals surface area contributed by atoms with E-state index in [0.717, 1.165) is 5.92 Å². The second-order valence-corrected chi connectivity index (χ2v) is 6.45. The van der Waals surface area contributed by atoms with Gasteiger partial charge in [-0.15, -0.1) is 0 Å². The van der Waals surface area contributed by atoms with Gasteiger partial charge in [-0.1, -0.05) is 53.4 Å². The van der Waals surface area contributed by atoms with Crippen LogP contribution in [0, 0.1) is 5.92 Å². The average Bonchev–Trinajstić information content (AvgIpc) is 2.40. The molecule has 1 aromatic carbocycles. The third-order valence-electron chi connectivity index (χ3n) is 4.24. The zero-order valence-corrected chi connectivity index (χ0v) is 13.0. The Kier molecular flexibility index (Phi) is 5.25. The quantitative estimate of drug-likeness (QED) is 0.819. The minimum Gasteiger partial charge on any atom is -0.307 e. The fourth-order valence-electron chi connectivity index (χ4n) is 3.08. The number of hydrogen-bond donors (Lipinski definition) is 1. The molecule has 0 saturated heterocycles. The van der Waals surface area contributed by atoms with Crippen molar-refractivity contribution in [3.63, 3.8) is 0 Å². The van der Waals surface area contributed by atoms with Gasteiger partial charge in [-0.05, 0) is 44.2 Å². The maximum atomic E-state index is 3.78. The van der Waals surface area contributed by atoms with Gasteiger partial charge in [0.1, 0.15) is 0 Å². The lowest BCUT2D eigenvalue weighted by Crippen LogP contribution is -2.36. The highest BCUT2D eigenvalue weighted by atomic mass is 79.9. The summed E-state index contributed by atoms with van der Waals surface area (Å²) in [4.78, 5) is 0. The summed E-state index contributed by atoms with van der Waals surface area (Å²) in [5.41, 5.74) is 1.36. The molecule has 1 saturated carbocycles. The van der Waals surface area contributed by atoms with E-state index in [-0.39, 0.29) is 0 Å². The molecule has 2 rings (SSSR count). The molecule has 0 bridgehead atoms. The summed E-state index contributed by atoms with van der Waals surface area (Å²) in [6.07, 6.45) is 7.07. The Morgan fingerprint density at radius 2 is 1.78 bits per heavy atom. The van der Waals surface area contributed by atoms with Crippen molar-refractivity contribution in [2.24, 2.45) is 5.92 Å². The maximum Gasteiger partial charge on any atom is 0.0305 e.